The fraction of sp³-hybridized carbons (Fsp3) is 0.167. The molecule has 3 nitrogen and oxygen atoms in total. The Morgan fingerprint density at radius 1 is 0.630 bits per heavy atom. The Kier molecular flexibility index (Phi) is 3.35. The van der Waals surface area contributed by atoms with Gasteiger partial charge < -0.3 is 14.1 Å². The molecule has 27 heavy (non-hydrogen) atoms. The van der Waals surface area contributed by atoms with Crippen LogP contribution in [0.25, 0.3) is 44.3 Å². The lowest BCUT2D eigenvalue weighted by molar-refractivity contribution is 0.969. The summed E-state index contributed by atoms with van der Waals surface area (Å²) in [6.07, 6.45) is 4.43. The van der Waals surface area contributed by atoms with Gasteiger partial charge in [-0.25, -0.2) is 0 Å². The van der Waals surface area contributed by atoms with E-state index in [4.69, 9.17) is 0 Å². The highest BCUT2D eigenvalue weighted by Gasteiger charge is 2.14. The number of aromatic amines is 1. The van der Waals surface area contributed by atoms with Crippen molar-refractivity contribution in [3.63, 3.8) is 0 Å². The number of nitrogens with one attached hydrogen (secondary N) is 1. The van der Waals surface area contributed by atoms with Crippen LogP contribution in [0.3, 0.4) is 0 Å². The molecule has 0 aliphatic heterocycles. The van der Waals surface area contributed by atoms with Gasteiger partial charge in [0.25, 0.3) is 0 Å². The highest BCUT2D eigenvalue weighted by atomic mass is 14.9. The SMILES string of the molecule is Cc1ccc2c(c1)c(-c1ccc(-c3cn(C)c4ccc(C)cc34)[nH]1)cn2C. The third-order valence-electron chi connectivity index (χ3n) is 5.56. The Balaban J connectivity index is 1.68. The summed E-state index contributed by atoms with van der Waals surface area (Å²) >= 11 is 0. The number of benzene rings is 2. The highest BCUT2D eigenvalue weighted by molar-refractivity contribution is 5.98. The predicted molar refractivity (Wildman–Crippen MR) is 114 cm³/mol. The Hall–Kier alpha value is -3.20. The Morgan fingerprint density at radius 3 is 1.52 bits per heavy atom. The van der Waals surface area contributed by atoms with Crippen LogP contribution < -0.4 is 0 Å². The average Bonchev–Trinajstić information content (AvgIpc) is 3.32. The molecule has 1 N–H and O–H groups in total. The van der Waals surface area contributed by atoms with Gasteiger partial charge in [0.1, 0.15) is 0 Å². The Morgan fingerprint density at radius 2 is 1.07 bits per heavy atom. The highest BCUT2D eigenvalue weighted by Crippen LogP contribution is 2.35. The van der Waals surface area contributed by atoms with Gasteiger partial charge in [-0.05, 0) is 50.2 Å². The largest absolute Gasteiger partial charge is 0.354 e. The molecule has 3 heteroatoms. The maximum Gasteiger partial charge on any atom is 0.0484 e. The number of aryl methyl sites for hydroxylation is 4. The summed E-state index contributed by atoms with van der Waals surface area (Å²) in [7, 11) is 4.22. The zero-order valence-electron chi connectivity index (χ0n) is 16.2. The van der Waals surface area contributed by atoms with Gasteiger partial charge in [0.2, 0.25) is 0 Å². The molecule has 0 radical (unpaired) electrons. The second kappa shape index (κ2) is 5.65. The number of hydrogen-bond acceptors (Lipinski definition) is 0. The summed E-state index contributed by atoms with van der Waals surface area (Å²) < 4.78 is 4.40. The van der Waals surface area contributed by atoms with Gasteiger partial charge in [-0.2, -0.15) is 0 Å². The van der Waals surface area contributed by atoms with Crippen LogP contribution in [0.2, 0.25) is 0 Å². The molecular weight excluding hydrogens is 330 g/mol. The van der Waals surface area contributed by atoms with E-state index in [1.807, 2.05) is 0 Å². The van der Waals surface area contributed by atoms with Crippen LogP contribution in [0, 0.1) is 13.8 Å². The molecule has 0 unspecified atom stereocenters. The van der Waals surface area contributed by atoms with E-state index in [1.54, 1.807) is 0 Å². The third-order valence-corrected chi connectivity index (χ3v) is 5.56. The molecule has 0 saturated heterocycles. The van der Waals surface area contributed by atoms with E-state index in [2.05, 4.69) is 103 Å². The molecule has 0 atom stereocenters. The van der Waals surface area contributed by atoms with Crippen molar-refractivity contribution in [3.8, 4) is 22.5 Å². The van der Waals surface area contributed by atoms with Crippen LogP contribution in [-0.2, 0) is 14.1 Å². The second-order valence-corrected chi connectivity index (χ2v) is 7.63. The molecule has 0 aliphatic rings. The number of nitrogens with zero attached hydrogens (tertiary/aromatic N) is 2. The summed E-state index contributed by atoms with van der Waals surface area (Å²) in [5.41, 5.74) is 9.90. The smallest absolute Gasteiger partial charge is 0.0484 e. The number of fused-ring (bicyclic) bond motifs is 2. The zero-order valence-corrected chi connectivity index (χ0v) is 16.2. The van der Waals surface area contributed by atoms with Gasteiger partial charge in [-0.3, -0.25) is 0 Å². The Bertz CT molecular complexity index is 1210. The van der Waals surface area contributed by atoms with Crippen LogP contribution in [0.1, 0.15) is 11.1 Å². The first-order chi connectivity index (χ1) is 13.0. The molecule has 0 saturated carbocycles. The minimum Gasteiger partial charge on any atom is -0.354 e. The quantitative estimate of drug-likeness (QED) is 0.406. The van der Waals surface area contributed by atoms with Crippen molar-refractivity contribution in [3.05, 3.63) is 72.1 Å². The van der Waals surface area contributed by atoms with E-state index in [0.29, 0.717) is 0 Å². The lowest BCUT2D eigenvalue weighted by Crippen LogP contribution is -1.82. The molecule has 5 rings (SSSR count). The predicted octanol–water partition coefficient (Wildman–Crippen LogP) is 5.95. The minimum absolute atomic E-state index is 1.16. The van der Waals surface area contributed by atoms with Crippen LogP contribution >= 0.6 is 0 Å². The Labute approximate surface area is 158 Å². The van der Waals surface area contributed by atoms with Crippen molar-refractivity contribution in [1.82, 2.24) is 14.1 Å². The second-order valence-electron chi connectivity index (χ2n) is 7.63. The number of rotatable bonds is 2. The maximum atomic E-state index is 3.67. The van der Waals surface area contributed by atoms with Crippen LogP contribution in [0.5, 0.6) is 0 Å². The van der Waals surface area contributed by atoms with E-state index < -0.39 is 0 Å². The van der Waals surface area contributed by atoms with Crippen molar-refractivity contribution >= 4 is 21.8 Å². The van der Waals surface area contributed by atoms with E-state index >= 15 is 0 Å². The first-order valence-corrected chi connectivity index (χ1v) is 9.32. The summed E-state index contributed by atoms with van der Waals surface area (Å²) in [6.45, 7) is 4.30. The molecule has 0 bridgehead atoms. The monoisotopic (exact) mass is 353 g/mol. The van der Waals surface area contributed by atoms with Gasteiger partial charge in [-0.15, -0.1) is 0 Å². The molecule has 3 heterocycles. The minimum atomic E-state index is 1.16. The van der Waals surface area contributed by atoms with E-state index in [9.17, 15) is 0 Å². The topological polar surface area (TPSA) is 25.6 Å². The van der Waals surface area contributed by atoms with Gasteiger partial charge in [0, 0.05) is 70.8 Å². The molecule has 5 aromatic rings. The maximum absolute atomic E-state index is 3.67. The summed E-state index contributed by atoms with van der Waals surface area (Å²) in [6, 6.07) is 17.7. The van der Waals surface area contributed by atoms with Crippen molar-refractivity contribution in [2.45, 2.75) is 13.8 Å². The van der Waals surface area contributed by atoms with E-state index in [1.165, 1.54) is 44.1 Å². The van der Waals surface area contributed by atoms with Crippen LogP contribution in [-0.4, -0.2) is 14.1 Å². The molecule has 0 amide bonds. The number of hydrogen-bond donors (Lipinski definition) is 1. The first kappa shape index (κ1) is 16.0. The normalized spacial score (nSPS) is 11.7. The third kappa shape index (κ3) is 2.42. The number of aromatic nitrogens is 3. The first-order valence-electron chi connectivity index (χ1n) is 9.32. The van der Waals surface area contributed by atoms with Gasteiger partial charge in [0.05, 0.1) is 0 Å². The lowest BCUT2D eigenvalue weighted by Gasteiger charge is -2.00. The van der Waals surface area contributed by atoms with Gasteiger partial charge in [0.15, 0.2) is 0 Å². The molecule has 0 aliphatic carbocycles. The van der Waals surface area contributed by atoms with Crippen molar-refractivity contribution in [1.29, 1.82) is 0 Å². The fourth-order valence-electron chi connectivity index (χ4n) is 4.15. The van der Waals surface area contributed by atoms with E-state index in [0.717, 1.165) is 11.4 Å². The molecule has 3 aromatic heterocycles. The standard InChI is InChI=1S/C24H23N3/c1-15-5-9-23-17(11-15)19(13-26(23)3)21-7-8-22(25-21)20-14-27(4)24-10-6-16(2)12-18(20)24/h5-14,25H,1-4H3. The van der Waals surface area contributed by atoms with Crippen molar-refractivity contribution in [2.24, 2.45) is 14.1 Å². The molecular formula is C24H23N3. The van der Waals surface area contributed by atoms with Crippen LogP contribution in [0.4, 0.5) is 0 Å². The lowest BCUT2D eigenvalue weighted by atomic mass is 10.1. The summed E-state index contributed by atoms with van der Waals surface area (Å²) in [4.78, 5) is 3.67. The summed E-state index contributed by atoms with van der Waals surface area (Å²) in [5, 5.41) is 2.58. The van der Waals surface area contributed by atoms with Gasteiger partial charge in [-0.1, -0.05) is 23.3 Å². The molecule has 2 aromatic carbocycles. The zero-order chi connectivity index (χ0) is 18.7. The average molecular weight is 353 g/mol. The fourth-order valence-corrected chi connectivity index (χ4v) is 4.15. The molecule has 0 fully saturated rings. The number of H-pyrrole nitrogens is 1. The van der Waals surface area contributed by atoms with Gasteiger partial charge >= 0.3 is 0 Å². The molecule has 134 valence electrons. The van der Waals surface area contributed by atoms with E-state index in [-0.39, 0.29) is 0 Å². The van der Waals surface area contributed by atoms with Crippen LogP contribution in [0.15, 0.2) is 60.9 Å². The summed E-state index contributed by atoms with van der Waals surface area (Å²) in [5.74, 6) is 0. The molecule has 0 spiro atoms. The van der Waals surface area contributed by atoms with Crippen molar-refractivity contribution < 1.29 is 0 Å². The van der Waals surface area contributed by atoms with Crippen molar-refractivity contribution in [2.75, 3.05) is 0 Å².